The van der Waals surface area contributed by atoms with E-state index in [1.165, 1.54) is 6.33 Å². The van der Waals surface area contributed by atoms with E-state index >= 15 is 0 Å². The Morgan fingerprint density at radius 3 is 2.62 bits per heavy atom. The highest BCUT2D eigenvalue weighted by atomic mass is 16.5. The van der Waals surface area contributed by atoms with Crippen molar-refractivity contribution in [3.05, 3.63) is 71.8 Å². The van der Waals surface area contributed by atoms with Crippen LogP contribution < -0.4 is 10.2 Å². The van der Waals surface area contributed by atoms with Gasteiger partial charge in [0.25, 0.3) is 5.91 Å². The number of hydrazone groups is 1. The molecule has 150 valence electrons. The summed E-state index contributed by atoms with van der Waals surface area (Å²) in [4.78, 5) is 16.1. The number of aryl methyl sites for hydroxylation is 1. The minimum Gasteiger partial charge on any atom is -0.483 e. The van der Waals surface area contributed by atoms with Crippen molar-refractivity contribution in [2.75, 3.05) is 6.61 Å². The number of carbonyl (C=O) groups excluding carboxylic acids is 1. The predicted molar refractivity (Wildman–Crippen MR) is 112 cm³/mol. The van der Waals surface area contributed by atoms with Crippen LogP contribution in [0.3, 0.4) is 0 Å². The molecule has 3 rings (SSSR count). The van der Waals surface area contributed by atoms with Gasteiger partial charge in [-0.05, 0) is 54.7 Å². The summed E-state index contributed by atoms with van der Waals surface area (Å²) in [7, 11) is 0. The molecule has 0 saturated carbocycles. The molecule has 0 fully saturated rings. The molecule has 0 saturated heterocycles. The maximum atomic E-state index is 12.2. The fourth-order valence-corrected chi connectivity index (χ4v) is 2.83. The first-order chi connectivity index (χ1) is 13.9. The van der Waals surface area contributed by atoms with Crippen molar-refractivity contribution in [3.8, 4) is 11.4 Å². The Morgan fingerprint density at radius 1 is 1.21 bits per heavy atom. The fraction of sp³-hybridized carbons (Fsp3) is 0.273. The molecule has 7 heteroatoms. The van der Waals surface area contributed by atoms with E-state index in [1.54, 1.807) is 11.0 Å². The zero-order valence-electron chi connectivity index (χ0n) is 17.1. The van der Waals surface area contributed by atoms with Crippen LogP contribution in [0.25, 0.3) is 5.69 Å². The normalized spacial score (nSPS) is 11.6. The number of aromatic nitrogens is 3. The third-order valence-corrected chi connectivity index (χ3v) is 4.47. The van der Waals surface area contributed by atoms with Gasteiger partial charge in [0.2, 0.25) is 0 Å². The topological polar surface area (TPSA) is 81.4 Å². The van der Waals surface area contributed by atoms with Crippen LogP contribution in [0, 0.1) is 6.92 Å². The fourth-order valence-electron chi connectivity index (χ4n) is 2.83. The zero-order valence-corrected chi connectivity index (χ0v) is 17.1. The van der Waals surface area contributed by atoms with E-state index in [0.717, 1.165) is 28.1 Å². The van der Waals surface area contributed by atoms with Crippen molar-refractivity contribution in [2.45, 2.75) is 33.6 Å². The van der Waals surface area contributed by atoms with Gasteiger partial charge in [-0.25, -0.2) is 15.1 Å². The van der Waals surface area contributed by atoms with Crippen LogP contribution in [0.5, 0.6) is 5.75 Å². The molecular weight excluding hydrogens is 366 g/mol. The summed E-state index contributed by atoms with van der Waals surface area (Å²) < 4.78 is 7.41. The van der Waals surface area contributed by atoms with E-state index in [-0.39, 0.29) is 12.5 Å². The molecule has 0 aliphatic rings. The highest BCUT2D eigenvalue weighted by molar-refractivity contribution is 5.99. The van der Waals surface area contributed by atoms with Gasteiger partial charge in [0.1, 0.15) is 18.4 Å². The Hall–Kier alpha value is -3.48. The van der Waals surface area contributed by atoms with Crippen LogP contribution in [0.1, 0.15) is 43.4 Å². The summed E-state index contributed by atoms with van der Waals surface area (Å²) in [5.74, 6) is 0.744. The van der Waals surface area contributed by atoms with Crippen LogP contribution in [-0.2, 0) is 4.79 Å². The minimum absolute atomic E-state index is 0.0921. The van der Waals surface area contributed by atoms with E-state index in [9.17, 15) is 4.79 Å². The van der Waals surface area contributed by atoms with Crippen LogP contribution in [-0.4, -0.2) is 33.0 Å². The van der Waals surface area contributed by atoms with Crippen LogP contribution in [0.2, 0.25) is 0 Å². The standard InChI is InChI=1S/C22H25N5O2/c1-15(2)20-10-5-16(3)11-21(20)29-12-22(28)26-25-17(4)18-6-8-19(9-7-18)27-14-23-13-24-27/h5-11,13-15H,12H2,1-4H3,(H,26,28)/b25-17+. The van der Waals surface area contributed by atoms with Gasteiger partial charge in [0.15, 0.2) is 6.61 Å². The van der Waals surface area contributed by atoms with E-state index in [1.807, 2.05) is 56.3 Å². The van der Waals surface area contributed by atoms with Crippen LogP contribution in [0.4, 0.5) is 0 Å². The lowest BCUT2D eigenvalue weighted by Gasteiger charge is -2.14. The minimum atomic E-state index is -0.306. The Bertz CT molecular complexity index is 993. The van der Waals surface area contributed by atoms with Crippen molar-refractivity contribution >= 4 is 11.6 Å². The van der Waals surface area contributed by atoms with E-state index < -0.39 is 0 Å². The number of benzene rings is 2. The van der Waals surface area contributed by atoms with Crippen molar-refractivity contribution in [1.29, 1.82) is 0 Å². The SMILES string of the molecule is C/C(=N\NC(=O)COc1cc(C)ccc1C(C)C)c1ccc(-n2cncn2)cc1. The molecular formula is C22H25N5O2. The third-order valence-electron chi connectivity index (χ3n) is 4.47. The molecule has 2 aromatic carbocycles. The maximum Gasteiger partial charge on any atom is 0.277 e. The predicted octanol–water partition coefficient (Wildman–Crippen LogP) is 3.62. The first kappa shape index (κ1) is 20.3. The largest absolute Gasteiger partial charge is 0.483 e. The highest BCUT2D eigenvalue weighted by Gasteiger charge is 2.10. The molecule has 3 aromatic rings. The number of nitrogens with zero attached hydrogens (tertiary/aromatic N) is 4. The second kappa shape index (κ2) is 9.14. The summed E-state index contributed by atoms with van der Waals surface area (Å²) >= 11 is 0. The van der Waals surface area contributed by atoms with Crippen LogP contribution in [0.15, 0.2) is 60.2 Å². The van der Waals surface area contributed by atoms with Crippen LogP contribution >= 0.6 is 0 Å². The first-order valence-corrected chi connectivity index (χ1v) is 9.46. The molecule has 1 heterocycles. The van der Waals surface area contributed by atoms with Crippen molar-refractivity contribution in [1.82, 2.24) is 20.2 Å². The second-order valence-electron chi connectivity index (χ2n) is 7.10. The van der Waals surface area contributed by atoms with Crippen molar-refractivity contribution < 1.29 is 9.53 Å². The highest BCUT2D eigenvalue weighted by Crippen LogP contribution is 2.27. The van der Waals surface area contributed by atoms with Gasteiger partial charge in [0, 0.05) is 0 Å². The molecule has 0 aliphatic carbocycles. The Morgan fingerprint density at radius 2 is 1.97 bits per heavy atom. The second-order valence-corrected chi connectivity index (χ2v) is 7.10. The Kier molecular flexibility index (Phi) is 6.39. The van der Waals surface area contributed by atoms with Gasteiger partial charge in [-0.2, -0.15) is 10.2 Å². The summed E-state index contributed by atoms with van der Waals surface area (Å²) in [5.41, 5.74) is 7.22. The number of rotatable bonds is 7. The molecule has 1 N–H and O–H groups in total. The smallest absolute Gasteiger partial charge is 0.277 e. The Balaban J connectivity index is 1.58. The molecule has 1 amide bonds. The van der Waals surface area contributed by atoms with Gasteiger partial charge < -0.3 is 4.74 Å². The molecule has 1 aromatic heterocycles. The number of hydrogen-bond donors (Lipinski definition) is 1. The maximum absolute atomic E-state index is 12.2. The molecule has 0 atom stereocenters. The average Bonchev–Trinajstić information content (AvgIpc) is 3.25. The van der Waals surface area contributed by atoms with Gasteiger partial charge >= 0.3 is 0 Å². The van der Waals surface area contributed by atoms with Gasteiger partial charge in [-0.15, -0.1) is 0 Å². The van der Waals surface area contributed by atoms with E-state index in [4.69, 9.17) is 4.74 Å². The molecule has 29 heavy (non-hydrogen) atoms. The summed E-state index contributed by atoms with van der Waals surface area (Å²) in [6, 6.07) is 13.7. The van der Waals surface area contributed by atoms with Crippen molar-refractivity contribution in [3.63, 3.8) is 0 Å². The van der Waals surface area contributed by atoms with E-state index in [2.05, 4.69) is 34.5 Å². The number of amides is 1. The molecule has 0 radical (unpaired) electrons. The monoisotopic (exact) mass is 391 g/mol. The quantitative estimate of drug-likeness (QED) is 0.493. The van der Waals surface area contributed by atoms with E-state index in [0.29, 0.717) is 11.6 Å². The van der Waals surface area contributed by atoms with Gasteiger partial charge in [0.05, 0.1) is 11.4 Å². The number of hydrogen-bond acceptors (Lipinski definition) is 5. The lowest BCUT2D eigenvalue weighted by molar-refractivity contribution is -0.123. The lowest BCUT2D eigenvalue weighted by Crippen LogP contribution is -2.26. The number of ether oxygens (including phenoxy) is 1. The first-order valence-electron chi connectivity index (χ1n) is 9.46. The zero-order chi connectivity index (χ0) is 20.8. The molecule has 0 spiro atoms. The summed E-state index contributed by atoms with van der Waals surface area (Å²) in [6.07, 6.45) is 3.12. The average molecular weight is 391 g/mol. The number of nitrogens with one attached hydrogen (secondary N) is 1. The Labute approximate surface area is 170 Å². The molecule has 0 bridgehead atoms. The number of carbonyl (C=O) groups is 1. The van der Waals surface area contributed by atoms with Crippen molar-refractivity contribution in [2.24, 2.45) is 5.10 Å². The summed E-state index contributed by atoms with van der Waals surface area (Å²) in [6.45, 7) is 7.94. The molecule has 7 nitrogen and oxygen atoms in total. The van der Waals surface area contributed by atoms with Gasteiger partial charge in [-0.3, -0.25) is 4.79 Å². The lowest BCUT2D eigenvalue weighted by atomic mass is 10.0. The molecule has 0 unspecified atom stereocenters. The van der Waals surface area contributed by atoms with Gasteiger partial charge in [-0.1, -0.05) is 38.1 Å². The third kappa shape index (κ3) is 5.28. The summed E-state index contributed by atoms with van der Waals surface area (Å²) in [5, 5.41) is 8.27. The molecule has 0 aliphatic heterocycles.